The molecule has 3 aromatic carbocycles. The Morgan fingerprint density at radius 3 is 2.34 bits per heavy atom. The lowest BCUT2D eigenvalue weighted by atomic mass is 10.1. The molecule has 1 aliphatic heterocycles. The summed E-state index contributed by atoms with van der Waals surface area (Å²) in [6.45, 7) is 4.72. The van der Waals surface area contributed by atoms with E-state index in [1.807, 2.05) is 50.2 Å². The van der Waals surface area contributed by atoms with Crippen LogP contribution in [0.1, 0.15) is 31.4 Å². The van der Waals surface area contributed by atoms with E-state index >= 15 is 0 Å². The maximum atomic E-state index is 13.3. The maximum Gasteiger partial charge on any atom is 0.263 e. The number of sulfonamides is 1. The Kier molecular flexibility index (Phi) is 8.81. The van der Waals surface area contributed by atoms with E-state index in [9.17, 15) is 18.0 Å². The highest BCUT2D eigenvalue weighted by Crippen LogP contribution is 2.33. The van der Waals surface area contributed by atoms with Gasteiger partial charge in [-0.05, 0) is 47.7 Å². The van der Waals surface area contributed by atoms with Crippen LogP contribution in [0.25, 0.3) is 0 Å². The van der Waals surface area contributed by atoms with Crippen LogP contribution in [-0.4, -0.2) is 39.4 Å². The van der Waals surface area contributed by atoms with Gasteiger partial charge in [-0.1, -0.05) is 68.4 Å². The smallest absolute Gasteiger partial charge is 0.263 e. The predicted octanol–water partition coefficient (Wildman–Crippen LogP) is 3.66. The molecule has 1 heterocycles. The molecule has 200 valence electrons. The van der Waals surface area contributed by atoms with Crippen molar-refractivity contribution in [3.05, 3.63) is 90.0 Å². The Labute approximate surface area is 224 Å². The minimum absolute atomic E-state index is 0.106. The molecule has 1 atom stereocenters. The standard InChI is InChI=1S/C29H33N3O5S/c1-21(2)18-31-38(35,36)24-15-12-22(13-16-24)14-17-28(33)32-20-27(37-26-11-7-6-10-25(26)32)29(34)30-19-23-8-4-3-5-9-23/h3-13,15-16,21,27,31H,14,17-20H2,1-2H3,(H,30,34). The van der Waals surface area contributed by atoms with Crippen molar-refractivity contribution in [1.82, 2.24) is 10.0 Å². The van der Waals surface area contributed by atoms with Crippen LogP contribution in [0.4, 0.5) is 5.69 Å². The second-order valence-corrected chi connectivity index (χ2v) is 11.4. The fourth-order valence-electron chi connectivity index (χ4n) is 4.09. The fraction of sp³-hybridized carbons (Fsp3) is 0.310. The van der Waals surface area contributed by atoms with Crippen molar-refractivity contribution in [3.63, 3.8) is 0 Å². The Balaban J connectivity index is 1.39. The molecule has 0 fully saturated rings. The van der Waals surface area contributed by atoms with Crippen LogP contribution in [0.15, 0.2) is 83.8 Å². The van der Waals surface area contributed by atoms with Crippen molar-refractivity contribution in [2.45, 2.75) is 44.2 Å². The molecule has 0 spiro atoms. The molecule has 4 rings (SSSR count). The zero-order valence-electron chi connectivity index (χ0n) is 21.6. The van der Waals surface area contributed by atoms with Crippen LogP contribution in [0.5, 0.6) is 5.75 Å². The number of hydrogen-bond donors (Lipinski definition) is 2. The summed E-state index contributed by atoms with van der Waals surface area (Å²) >= 11 is 0. The number of rotatable bonds is 10. The minimum Gasteiger partial charge on any atom is -0.477 e. The number of hydrogen-bond acceptors (Lipinski definition) is 5. The lowest BCUT2D eigenvalue weighted by Crippen LogP contribution is -2.50. The maximum absolute atomic E-state index is 13.3. The van der Waals surface area contributed by atoms with Crippen LogP contribution in [0.3, 0.4) is 0 Å². The van der Waals surface area contributed by atoms with E-state index < -0.39 is 16.1 Å². The molecule has 0 radical (unpaired) electrons. The summed E-state index contributed by atoms with van der Waals surface area (Å²) in [5.41, 5.74) is 2.45. The third-order valence-corrected chi connectivity index (χ3v) is 7.66. The average molecular weight is 536 g/mol. The molecule has 3 aromatic rings. The average Bonchev–Trinajstić information content (AvgIpc) is 2.93. The van der Waals surface area contributed by atoms with Gasteiger partial charge in [0.25, 0.3) is 5.91 Å². The van der Waals surface area contributed by atoms with Crippen LogP contribution in [-0.2, 0) is 32.6 Å². The molecule has 8 nitrogen and oxygen atoms in total. The van der Waals surface area contributed by atoms with Gasteiger partial charge in [-0.3, -0.25) is 9.59 Å². The van der Waals surface area contributed by atoms with Crippen molar-refractivity contribution >= 4 is 27.5 Å². The van der Waals surface area contributed by atoms with E-state index in [1.54, 1.807) is 47.4 Å². The summed E-state index contributed by atoms with van der Waals surface area (Å²) in [5.74, 6) is 0.256. The normalized spacial score (nSPS) is 15.0. The molecule has 1 unspecified atom stereocenters. The SMILES string of the molecule is CC(C)CNS(=O)(=O)c1ccc(CCC(=O)N2CC(C(=O)NCc3ccccc3)Oc3ccccc32)cc1. The fourth-order valence-corrected chi connectivity index (χ4v) is 5.30. The Morgan fingerprint density at radius 2 is 1.63 bits per heavy atom. The molecule has 2 amide bonds. The van der Waals surface area contributed by atoms with Crippen molar-refractivity contribution in [2.75, 3.05) is 18.0 Å². The lowest BCUT2D eigenvalue weighted by molar-refractivity contribution is -0.128. The molecule has 1 aliphatic rings. The summed E-state index contributed by atoms with van der Waals surface area (Å²) in [6, 6.07) is 23.3. The van der Waals surface area contributed by atoms with E-state index in [1.165, 1.54) is 0 Å². The van der Waals surface area contributed by atoms with Gasteiger partial charge in [0, 0.05) is 19.5 Å². The van der Waals surface area contributed by atoms with Crippen molar-refractivity contribution in [2.24, 2.45) is 5.92 Å². The molecule has 0 aromatic heterocycles. The predicted molar refractivity (Wildman–Crippen MR) is 146 cm³/mol. The van der Waals surface area contributed by atoms with Gasteiger partial charge >= 0.3 is 0 Å². The van der Waals surface area contributed by atoms with Crippen LogP contribution < -0.4 is 19.7 Å². The first-order chi connectivity index (χ1) is 18.2. The number of fused-ring (bicyclic) bond motifs is 1. The second-order valence-electron chi connectivity index (χ2n) is 9.67. The number of amides is 2. The molecular formula is C29H33N3O5S. The third-order valence-electron chi connectivity index (χ3n) is 6.22. The Hall–Kier alpha value is -3.69. The first-order valence-electron chi connectivity index (χ1n) is 12.7. The van der Waals surface area contributed by atoms with E-state index in [0.29, 0.717) is 30.9 Å². The highest BCUT2D eigenvalue weighted by Gasteiger charge is 2.33. The lowest BCUT2D eigenvalue weighted by Gasteiger charge is -2.34. The van der Waals surface area contributed by atoms with Crippen molar-refractivity contribution in [1.29, 1.82) is 0 Å². The second kappa shape index (κ2) is 12.2. The van der Waals surface area contributed by atoms with Crippen LogP contribution in [0, 0.1) is 5.92 Å². The summed E-state index contributed by atoms with van der Waals surface area (Å²) in [4.78, 5) is 28.0. The monoisotopic (exact) mass is 535 g/mol. The van der Waals surface area contributed by atoms with Gasteiger partial charge in [-0.2, -0.15) is 0 Å². The number of carbonyl (C=O) groups excluding carboxylic acids is 2. The molecule has 0 saturated carbocycles. The van der Waals surface area contributed by atoms with E-state index in [0.717, 1.165) is 11.1 Å². The number of anilines is 1. The summed E-state index contributed by atoms with van der Waals surface area (Å²) in [7, 11) is -3.57. The number of ether oxygens (including phenoxy) is 1. The van der Waals surface area contributed by atoms with E-state index in [4.69, 9.17) is 4.74 Å². The van der Waals surface area contributed by atoms with Gasteiger partial charge in [-0.15, -0.1) is 0 Å². The van der Waals surface area contributed by atoms with Crippen LogP contribution >= 0.6 is 0 Å². The quantitative estimate of drug-likeness (QED) is 0.412. The largest absolute Gasteiger partial charge is 0.477 e. The van der Waals surface area contributed by atoms with Crippen molar-refractivity contribution < 1.29 is 22.7 Å². The van der Waals surface area contributed by atoms with Gasteiger partial charge in [-0.25, -0.2) is 13.1 Å². The molecular weight excluding hydrogens is 502 g/mol. The summed E-state index contributed by atoms with van der Waals surface area (Å²) in [5, 5.41) is 2.89. The van der Waals surface area contributed by atoms with Gasteiger partial charge in [0.1, 0.15) is 5.75 Å². The topological polar surface area (TPSA) is 105 Å². The molecule has 9 heteroatoms. The zero-order valence-corrected chi connectivity index (χ0v) is 22.4. The zero-order chi connectivity index (χ0) is 27.1. The van der Waals surface area contributed by atoms with E-state index in [2.05, 4.69) is 10.0 Å². The number of benzene rings is 3. The molecule has 0 aliphatic carbocycles. The van der Waals surface area contributed by atoms with E-state index in [-0.39, 0.29) is 35.6 Å². The van der Waals surface area contributed by atoms with Gasteiger partial charge in [0.05, 0.1) is 17.1 Å². The Bertz CT molecular complexity index is 1360. The molecule has 0 saturated heterocycles. The molecule has 38 heavy (non-hydrogen) atoms. The van der Waals surface area contributed by atoms with Gasteiger partial charge < -0.3 is 15.0 Å². The highest BCUT2D eigenvalue weighted by molar-refractivity contribution is 7.89. The number of nitrogens with zero attached hydrogens (tertiary/aromatic N) is 1. The summed E-state index contributed by atoms with van der Waals surface area (Å²) < 4.78 is 33.4. The van der Waals surface area contributed by atoms with Crippen LogP contribution in [0.2, 0.25) is 0 Å². The number of carbonyl (C=O) groups is 2. The first kappa shape index (κ1) is 27.3. The Morgan fingerprint density at radius 1 is 0.947 bits per heavy atom. The van der Waals surface area contributed by atoms with Gasteiger partial charge in [0.15, 0.2) is 6.10 Å². The number of aryl methyl sites for hydroxylation is 1. The third kappa shape index (κ3) is 6.99. The first-order valence-corrected chi connectivity index (χ1v) is 14.2. The van der Waals surface area contributed by atoms with Gasteiger partial charge in [0.2, 0.25) is 15.9 Å². The van der Waals surface area contributed by atoms with Crippen molar-refractivity contribution in [3.8, 4) is 5.75 Å². The number of nitrogens with one attached hydrogen (secondary N) is 2. The molecule has 2 N–H and O–H groups in total. The minimum atomic E-state index is -3.57. The molecule has 0 bridgehead atoms. The number of para-hydroxylation sites is 2. The summed E-state index contributed by atoms with van der Waals surface area (Å²) in [6.07, 6.45) is -0.201. The highest BCUT2D eigenvalue weighted by atomic mass is 32.2.